The molecular weight excluding hydrogens is 348 g/mol. The smallest absolute Gasteiger partial charge is 0.264 e. The summed E-state index contributed by atoms with van der Waals surface area (Å²) in [6.45, 7) is 4.52. The summed E-state index contributed by atoms with van der Waals surface area (Å²) in [4.78, 5) is 27.6. The van der Waals surface area contributed by atoms with Crippen molar-refractivity contribution in [2.45, 2.75) is 51.5 Å². The summed E-state index contributed by atoms with van der Waals surface area (Å²) in [6.07, 6.45) is 4.46. The first-order valence-electron chi connectivity index (χ1n) is 9.25. The van der Waals surface area contributed by atoms with E-state index in [0.717, 1.165) is 35.7 Å². The van der Waals surface area contributed by atoms with Gasteiger partial charge < -0.3 is 14.6 Å². The van der Waals surface area contributed by atoms with Crippen LogP contribution in [0.5, 0.6) is 0 Å². The molecule has 3 heterocycles. The lowest BCUT2D eigenvalue weighted by atomic mass is 9.94. The fourth-order valence-corrected chi connectivity index (χ4v) is 5.29. The normalized spacial score (nSPS) is 22.3. The molecule has 4 rings (SSSR count). The van der Waals surface area contributed by atoms with Crippen LogP contribution in [0.3, 0.4) is 0 Å². The number of hydrogen-bond acceptors (Lipinski definition) is 4. The zero-order chi connectivity index (χ0) is 18.3. The molecule has 1 N–H and O–H groups in total. The highest BCUT2D eigenvalue weighted by atomic mass is 32.1. The van der Waals surface area contributed by atoms with Gasteiger partial charge in [0.2, 0.25) is 5.91 Å². The van der Waals surface area contributed by atoms with Gasteiger partial charge in [0.25, 0.3) is 5.91 Å². The van der Waals surface area contributed by atoms with E-state index < -0.39 is 0 Å². The molecule has 6 heteroatoms. The molecule has 1 aliphatic heterocycles. The van der Waals surface area contributed by atoms with E-state index in [-0.39, 0.29) is 23.8 Å². The molecule has 138 valence electrons. The summed E-state index contributed by atoms with van der Waals surface area (Å²) in [5.74, 6) is 1.70. The Morgan fingerprint density at radius 3 is 2.77 bits per heavy atom. The Balaban J connectivity index is 1.58. The lowest BCUT2D eigenvalue weighted by Gasteiger charge is -2.18. The van der Waals surface area contributed by atoms with Crippen LogP contribution in [0.4, 0.5) is 0 Å². The average molecular weight is 372 g/mol. The van der Waals surface area contributed by atoms with E-state index >= 15 is 0 Å². The minimum absolute atomic E-state index is 0.00709. The number of aryl methyl sites for hydroxylation is 2. The van der Waals surface area contributed by atoms with Crippen molar-refractivity contribution in [3.05, 3.63) is 45.0 Å². The van der Waals surface area contributed by atoms with Crippen LogP contribution in [0.15, 0.2) is 21.9 Å². The number of nitrogens with zero attached hydrogens (tertiary/aromatic N) is 1. The number of fused-ring (bicyclic) bond motifs is 1. The van der Waals surface area contributed by atoms with E-state index in [1.807, 2.05) is 24.0 Å². The van der Waals surface area contributed by atoms with Gasteiger partial charge in [0.15, 0.2) is 0 Å². The molecule has 1 aliphatic carbocycles. The summed E-state index contributed by atoms with van der Waals surface area (Å²) < 4.78 is 5.80. The first kappa shape index (κ1) is 17.3. The van der Waals surface area contributed by atoms with Crippen molar-refractivity contribution in [2.75, 3.05) is 13.1 Å². The second-order valence-corrected chi connectivity index (χ2v) is 8.23. The fraction of sp³-hybridized carbons (Fsp3) is 0.500. The molecule has 1 saturated heterocycles. The van der Waals surface area contributed by atoms with Crippen LogP contribution in [-0.4, -0.2) is 35.8 Å². The number of amides is 2. The lowest BCUT2D eigenvalue weighted by molar-refractivity contribution is -0.119. The highest BCUT2D eigenvalue weighted by Gasteiger charge is 2.39. The van der Waals surface area contributed by atoms with Crippen molar-refractivity contribution in [2.24, 2.45) is 0 Å². The molecule has 0 aromatic carbocycles. The number of nitrogens with one attached hydrogen (secondary N) is 1. The number of thiophene rings is 1. The van der Waals surface area contributed by atoms with Crippen LogP contribution in [0.1, 0.15) is 58.0 Å². The Bertz CT molecular complexity index is 838. The fourth-order valence-electron chi connectivity index (χ4n) is 4.16. The number of carbonyl (C=O) groups excluding carboxylic acids is 2. The molecule has 5 nitrogen and oxygen atoms in total. The highest BCUT2D eigenvalue weighted by molar-refractivity contribution is 7.12. The van der Waals surface area contributed by atoms with Gasteiger partial charge in [0.1, 0.15) is 11.5 Å². The maximum absolute atomic E-state index is 13.2. The SMILES string of the molecule is CC(=O)N[C@@H]1CN(C(=O)c2scc3c2CCCC3)C[C@H]1c1ccc(C)o1. The van der Waals surface area contributed by atoms with Crippen molar-refractivity contribution >= 4 is 23.2 Å². The van der Waals surface area contributed by atoms with Crippen LogP contribution >= 0.6 is 11.3 Å². The molecule has 2 aromatic heterocycles. The molecule has 2 atom stereocenters. The van der Waals surface area contributed by atoms with Gasteiger partial charge in [-0.1, -0.05) is 0 Å². The molecule has 0 bridgehead atoms. The summed E-state index contributed by atoms with van der Waals surface area (Å²) in [7, 11) is 0. The van der Waals surface area contributed by atoms with Crippen LogP contribution < -0.4 is 5.32 Å². The Hall–Kier alpha value is -2.08. The second-order valence-electron chi connectivity index (χ2n) is 7.35. The first-order chi connectivity index (χ1) is 12.5. The maximum Gasteiger partial charge on any atom is 0.264 e. The van der Waals surface area contributed by atoms with Crippen molar-refractivity contribution in [3.8, 4) is 0 Å². The maximum atomic E-state index is 13.2. The van der Waals surface area contributed by atoms with Gasteiger partial charge >= 0.3 is 0 Å². The first-order valence-corrected chi connectivity index (χ1v) is 10.1. The van der Waals surface area contributed by atoms with Gasteiger partial charge in [-0.15, -0.1) is 11.3 Å². The Morgan fingerprint density at radius 2 is 2.04 bits per heavy atom. The van der Waals surface area contributed by atoms with E-state index in [2.05, 4.69) is 10.7 Å². The molecule has 2 aliphatic rings. The predicted molar refractivity (Wildman–Crippen MR) is 101 cm³/mol. The van der Waals surface area contributed by atoms with Crippen molar-refractivity contribution in [1.29, 1.82) is 0 Å². The molecule has 26 heavy (non-hydrogen) atoms. The Morgan fingerprint density at radius 1 is 1.23 bits per heavy atom. The van der Waals surface area contributed by atoms with Crippen LogP contribution in [0.2, 0.25) is 0 Å². The van der Waals surface area contributed by atoms with Crippen molar-refractivity contribution in [3.63, 3.8) is 0 Å². The Kier molecular flexibility index (Phi) is 4.61. The number of likely N-dealkylation sites (tertiary alicyclic amines) is 1. The third kappa shape index (κ3) is 3.18. The van der Waals surface area contributed by atoms with Gasteiger partial charge in [-0.3, -0.25) is 9.59 Å². The molecule has 2 aromatic rings. The van der Waals surface area contributed by atoms with Crippen molar-refractivity contribution in [1.82, 2.24) is 10.2 Å². The molecule has 0 radical (unpaired) electrons. The van der Waals surface area contributed by atoms with E-state index in [4.69, 9.17) is 4.42 Å². The lowest BCUT2D eigenvalue weighted by Crippen LogP contribution is -2.39. The summed E-state index contributed by atoms with van der Waals surface area (Å²) in [6, 6.07) is 3.77. The summed E-state index contributed by atoms with van der Waals surface area (Å²) in [5.41, 5.74) is 2.60. The molecule has 0 saturated carbocycles. The van der Waals surface area contributed by atoms with Gasteiger partial charge in [0, 0.05) is 20.0 Å². The molecular formula is C20H24N2O3S. The number of hydrogen-bond donors (Lipinski definition) is 1. The zero-order valence-corrected chi connectivity index (χ0v) is 16.0. The van der Waals surface area contributed by atoms with E-state index in [1.54, 1.807) is 11.3 Å². The third-order valence-corrected chi connectivity index (χ3v) is 6.48. The van der Waals surface area contributed by atoms with E-state index in [0.29, 0.717) is 13.1 Å². The second kappa shape index (κ2) is 6.91. The Labute approximate surface area is 157 Å². The van der Waals surface area contributed by atoms with Crippen LogP contribution in [0.25, 0.3) is 0 Å². The van der Waals surface area contributed by atoms with Crippen LogP contribution in [-0.2, 0) is 17.6 Å². The molecule has 0 spiro atoms. The average Bonchev–Trinajstić information content (AvgIpc) is 3.31. The third-order valence-electron chi connectivity index (χ3n) is 5.42. The van der Waals surface area contributed by atoms with Crippen molar-refractivity contribution < 1.29 is 14.0 Å². The van der Waals surface area contributed by atoms with Gasteiger partial charge in [-0.05, 0) is 61.2 Å². The zero-order valence-electron chi connectivity index (χ0n) is 15.2. The largest absolute Gasteiger partial charge is 0.466 e. The summed E-state index contributed by atoms with van der Waals surface area (Å²) in [5, 5.41) is 5.15. The highest BCUT2D eigenvalue weighted by Crippen LogP contribution is 2.34. The molecule has 1 fully saturated rings. The number of rotatable bonds is 3. The minimum Gasteiger partial charge on any atom is -0.466 e. The van der Waals surface area contributed by atoms with Gasteiger partial charge in [-0.25, -0.2) is 0 Å². The predicted octanol–water partition coefficient (Wildman–Crippen LogP) is 3.27. The standard InChI is InChI=1S/C20H24N2O3S/c1-12-7-8-18(25-12)16-9-22(10-17(16)21-13(2)23)20(24)19-15-6-4-3-5-14(15)11-26-19/h7-8,11,16-17H,3-6,9-10H2,1-2H3,(H,21,23)/t16-,17-/m1/s1. The van der Waals surface area contributed by atoms with E-state index in [1.165, 1.54) is 24.5 Å². The quantitative estimate of drug-likeness (QED) is 0.899. The topological polar surface area (TPSA) is 62.6 Å². The number of carbonyl (C=O) groups is 2. The van der Waals surface area contributed by atoms with Gasteiger partial charge in [0.05, 0.1) is 16.8 Å². The number of furan rings is 1. The monoisotopic (exact) mass is 372 g/mol. The minimum atomic E-state index is -0.113. The van der Waals surface area contributed by atoms with Crippen LogP contribution in [0, 0.1) is 6.92 Å². The summed E-state index contributed by atoms with van der Waals surface area (Å²) >= 11 is 1.57. The molecule has 0 unspecified atom stereocenters. The molecule has 2 amide bonds. The van der Waals surface area contributed by atoms with E-state index in [9.17, 15) is 9.59 Å². The van der Waals surface area contributed by atoms with Gasteiger partial charge in [-0.2, -0.15) is 0 Å².